The number of hydrogen-bond donors (Lipinski definition) is 2. The van der Waals surface area contributed by atoms with Crippen LogP contribution in [0.1, 0.15) is 5.56 Å². The zero-order valence-corrected chi connectivity index (χ0v) is 14.5. The first-order valence-corrected chi connectivity index (χ1v) is 8.91. The highest BCUT2D eigenvalue weighted by Crippen LogP contribution is 2.56. The molecule has 0 saturated carbocycles. The summed E-state index contributed by atoms with van der Waals surface area (Å²) < 4.78 is 31.9. The minimum absolute atomic E-state index is 0.153. The van der Waals surface area contributed by atoms with E-state index in [1.54, 1.807) is 29.7 Å². The van der Waals surface area contributed by atoms with Gasteiger partial charge in [0.2, 0.25) is 5.88 Å². The van der Waals surface area contributed by atoms with E-state index in [0.717, 1.165) is 21.2 Å². The lowest BCUT2D eigenvalue weighted by molar-refractivity contribution is -0.192. The summed E-state index contributed by atoms with van der Waals surface area (Å²) in [6, 6.07) is 13.9. The van der Waals surface area contributed by atoms with Crippen molar-refractivity contribution in [1.29, 1.82) is 0 Å². The van der Waals surface area contributed by atoms with Crippen LogP contribution in [0.4, 0.5) is 18.9 Å². The van der Waals surface area contributed by atoms with Crippen LogP contribution >= 0.6 is 23.5 Å². The Balaban J connectivity index is 0.000000242. The molecular formula is C16H11F3N2O3S2. The Morgan fingerprint density at radius 1 is 1.12 bits per heavy atom. The number of carboxylic acids is 1. The van der Waals surface area contributed by atoms with Gasteiger partial charge in [-0.3, -0.25) is 4.90 Å². The molecule has 0 amide bonds. The molecule has 0 aliphatic carbocycles. The smallest absolute Gasteiger partial charge is 0.490 e. The fraction of sp³-hybridized carbons (Fsp3) is 0.125. The van der Waals surface area contributed by atoms with E-state index in [2.05, 4.69) is 4.98 Å². The minimum Gasteiger partial charge on any atom is -0.494 e. The third kappa shape index (κ3) is 3.61. The predicted molar refractivity (Wildman–Crippen MR) is 93.6 cm³/mol. The van der Waals surface area contributed by atoms with Crippen molar-refractivity contribution in [2.75, 3.05) is 4.90 Å². The standard InChI is InChI=1S/C14H10N2OS2.C2HF3O2/c17-13-11(9-5-2-1-3-6-9)18-14-16(13)10-7-4-8-15-12(10)19-14;3-2(4,5)1(6)7/h1-8,14,17H;(H,6,7). The van der Waals surface area contributed by atoms with E-state index in [0.29, 0.717) is 5.88 Å². The van der Waals surface area contributed by atoms with Crippen LogP contribution in [-0.2, 0) is 4.79 Å². The molecule has 1 unspecified atom stereocenters. The van der Waals surface area contributed by atoms with Crippen molar-refractivity contribution >= 4 is 40.1 Å². The fourth-order valence-corrected chi connectivity index (χ4v) is 4.93. The van der Waals surface area contributed by atoms with Crippen LogP contribution < -0.4 is 4.90 Å². The van der Waals surface area contributed by atoms with Gasteiger partial charge in [-0.25, -0.2) is 9.78 Å². The van der Waals surface area contributed by atoms with Crippen molar-refractivity contribution in [3.05, 3.63) is 60.1 Å². The highest BCUT2D eigenvalue weighted by atomic mass is 32.2. The Bertz CT molecular complexity index is 859. The van der Waals surface area contributed by atoms with Crippen LogP contribution in [-0.4, -0.2) is 32.0 Å². The van der Waals surface area contributed by atoms with Gasteiger partial charge < -0.3 is 10.2 Å². The average molecular weight is 400 g/mol. The lowest BCUT2D eigenvalue weighted by atomic mass is 10.2. The number of pyridine rings is 1. The van der Waals surface area contributed by atoms with Crippen LogP contribution in [0.15, 0.2) is 59.6 Å². The molecule has 0 spiro atoms. The van der Waals surface area contributed by atoms with Crippen LogP contribution in [0.2, 0.25) is 0 Å². The van der Waals surface area contributed by atoms with E-state index in [4.69, 9.17) is 9.90 Å². The summed E-state index contributed by atoms with van der Waals surface area (Å²) in [6.07, 6.45) is -3.29. The minimum atomic E-state index is -5.08. The number of hydrogen-bond acceptors (Lipinski definition) is 6. The van der Waals surface area contributed by atoms with Crippen LogP contribution in [0.25, 0.3) is 4.91 Å². The van der Waals surface area contributed by atoms with E-state index < -0.39 is 12.1 Å². The Morgan fingerprint density at radius 3 is 2.38 bits per heavy atom. The van der Waals surface area contributed by atoms with Gasteiger partial charge in [0.15, 0.2) is 0 Å². The molecule has 2 aliphatic heterocycles. The molecule has 2 N–H and O–H groups in total. The van der Waals surface area contributed by atoms with E-state index >= 15 is 0 Å². The van der Waals surface area contributed by atoms with Crippen LogP contribution in [0.5, 0.6) is 0 Å². The molecule has 0 fully saturated rings. The second-order valence-corrected chi connectivity index (χ2v) is 7.52. The monoisotopic (exact) mass is 400 g/mol. The Hall–Kier alpha value is -2.33. The Labute approximate surface area is 154 Å². The largest absolute Gasteiger partial charge is 0.494 e. The van der Waals surface area contributed by atoms with Crippen molar-refractivity contribution in [2.24, 2.45) is 0 Å². The van der Waals surface area contributed by atoms with Gasteiger partial charge in [-0.1, -0.05) is 53.9 Å². The molecule has 0 saturated heterocycles. The van der Waals surface area contributed by atoms with E-state index in [1.165, 1.54) is 0 Å². The summed E-state index contributed by atoms with van der Waals surface area (Å²) in [4.78, 5) is 16.1. The van der Waals surface area contributed by atoms with Crippen molar-refractivity contribution in [3.63, 3.8) is 0 Å². The van der Waals surface area contributed by atoms with Crippen molar-refractivity contribution in [1.82, 2.24) is 4.98 Å². The number of halogens is 3. The molecule has 2 aliphatic rings. The lowest BCUT2D eigenvalue weighted by Gasteiger charge is -2.16. The maximum Gasteiger partial charge on any atom is 0.490 e. The zero-order valence-electron chi connectivity index (χ0n) is 12.8. The van der Waals surface area contributed by atoms with E-state index in [-0.39, 0.29) is 4.71 Å². The highest BCUT2D eigenvalue weighted by Gasteiger charge is 2.41. The molecule has 10 heteroatoms. The van der Waals surface area contributed by atoms with Crippen LogP contribution in [0.3, 0.4) is 0 Å². The van der Waals surface area contributed by atoms with Gasteiger partial charge in [-0.15, -0.1) is 0 Å². The maximum atomic E-state index is 10.6. The number of alkyl halides is 3. The summed E-state index contributed by atoms with van der Waals surface area (Å²) in [6.45, 7) is 0. The number of nitrogens with zero attached hydrogens (tertiary/aromatic N) is 2. The number of anilines is 1. The Kier molecular flexibility index (Phi) is 5.05. The van der Waals surface area contributed by atoms with Gasteiger partial charge in [0.25, 0.3) is 0 Å². The number of thioether (sulfide) groups is 2. The van der Waals surface area contributed by atoms with E-state index in [9.17, 15) is 18.3 Å². The third-order valence-electron chi connectivity index (χ3n) is 3.36. The number of aliphatic hydroxyl groups excluding tert-OH is 1. The van der Waals surface area contributed by atoms with Crippen LogP contribution in [0, 0.1) is 0 Å². The van der Waals surface area contributed by atoms with Gasteiger partial charge in [0.1, 0.15) is 9.73 Å². The summed E-state index contributed by atoms with van der Waals surface area (Å²) >= 11 is 3.36. The second kappa shape index (κ2) is 7.12. The van der Waals surface area contributed by atoms with Gasteiger partial charge >= 0.3 is 12.1 Å². The molecule has 5 nitrogen and oxygen atoms in total. The van der Waals surface area contributed by atoms with Crippen molar-refractivity contribution in [3.8, 4) is 0 Å². The molecule has 1 atom stereocenters. The third-order valence-corrected chi connectivity index (χ3v) is 5.96. The summed E-state index contributed by atoms with van der Waals surface area (Å²) in [5.74, 6) is -2.42. The second-order valence-electron chi connectivity index (χ2n) is 5.06. The maximum absolute atomic E-state index is 10.6. The molecule has 26 heavy (non-hydrogen) atoms. The first kappa shape index (κ1) is 18.5. The first-order chi connectivity index (χ1) is 12.3. The van der Waals surface area contributed by atoms with Gasteiger partial charge in [0.05, 0.1) is 10.6 Å². The topological polar surface area (TPSA) is 73.7 Å². The number of rotatable bonds is 1. The molecule has 4 rings (SSSR count). The Morgan fingerprint density at radius 2 is 1.77 bits per heavy atom. The molecule has 136 valence electrons. The summed E-state index contributed by atoms with van der Waals surface area (Å²) in [5, 5.41) is 18.6. The average Bonchev–Trinajstić information content (AvgIpc) is 3.12. The predicted octanol–water partition coefficient (Wildman–Crippen LogP) is 4.54. The number of aliphatic carboxylic acids is 1. The number of aromatic nitrogens is 1. The SMILES string of the molecule is O=C(O)C(F)(F)F.OC1=C(c2ccccc2)SC2Sc3ncccc3N12. The molecule has 0 bridgehead atoms. The number of carboxylic acid groups (broad SMARTS) is 1. The number of aliphatic hydroxyl groups is 1. The van der Waals surface area contributed by atoms with E-state index in [1.807, 2.05) is 47.4 Å². The van der Waals surface area contributed by atoms with Gasteiger partial charge in [-0.2, -0.15) is 13.2 Å². The molecular weight excluding hydrogens is 389 g/mol. The fourth-order valence-electron chi connectivity index (χ4n) is 2.26. The first-order valence-electron chi connectivity index (χ1n) is 7.15. The molecule has 2 aromatic rings. The number of fused-ring (bicyclic) bond motifs is 3. The number of carbonyl (C=O) groups is 1. The summed E-state index contributed by atoms with van der Waals surface area (Å²) in [7, 11) is 0. The van der Waals surface area contributed by atoms with Crippen molar-refractivity contribution < 1.29 is 28.2 Å². The molecule has 0 radical (unpaired) electrons. The van der Waals surface area contributed by atoms with Crippen molar-refractivity contribution in [2.45, 2.75) is 15.9 Å². The normalized spacial score (nSPS) is 18.1. The summed E-state index contributed by atoms with van der Waals surface area (Å²) in [5.41, 5.74) is 2.05. The number of benzene rings is 1. The molecule has 1 aromatic carbocycles. The zero-order chi connectivity index (χ0) is 18.9. The van der Waals surface area contributed by atoms with Gasteiger partial charge in [0, 0.05) is 6.20 Å². The highest BCUT2D eigenvalue weighted by molar-refractivity contribution is 8.22. The molecule has 3 heterocycles. The van der Waals surface area contributed by atoms with Gasteiger partial charge in [-0.05, 0) is 17.7 Å². The lowest BCUT2D eigenvalue weighted by Crippen LogP contribution is -2.21. The quantitative estimate of drug-likeness (QED) is 0.728. The molecule has 1 aromatic heterocycles.